The van der Waals surface area contributed by atoms with Crippen LogP contribution >= 0.6 is 0 Å². The molecule has 3 aromatic rings. The molecule has 4 aliphatic rings. The molecule has 10 nitrogen and oxygen atoms in total. The quantitative estimate of drug-likeness (QED) is 0.467. The average Bonchev–Trinajstić information content (AvgIpc) is 3.58. The molecular formula is C29H27NO9. The lowest BCUT2D eigenvalue weighted by molar-refractivity contribution is -0.141. The number of phenols is 1. The molecule has 202 valence electrons. The number of carbonyl (C=O) groups is 1. The molecule has 39 heavy (non-hydrogen) atoms. The van der Waals surface area contributed by atoms with Crippen LogP contribution in [0.5, 0.6) is 40.2 Å². The van der Waals surface area contributed by atoms with E-state index in [1.54, 1.807) is 12.1 Å². The molecule has 10 heteroatoms. The monoisotopic (exact) mass is 533 g/mol. The van der Waals surface area contributed by atoms with E-state index < -0.39 is 11.8 Å². The van der Waals surface area contributed by atoms with Gasteiger partial charge in [-0.2, -0.15) is 0 Å². The Labute approximate surface area is 224 Å². The minimum Gasteiger partial charge on any atom is -0.502 e. The maximum Gasteiger partial charge on any atom is 0.310 e. The lowest BCUT2D eigenvalue weighted by Crippen LogP contribution is -2.37. The van der Waals surface area contributed by atoms with E-state index in [1.165, 1.54) is 14.2 Å². The van der Waals surface area contributed by atoms with Crippen LogP contribution in [0.15, 0.2) is 42.5 Å². The molecule has 7 rings (SSSR count). The van der Waals surface area contributed by atoms with Crippen molar-refractivity contribution in [2.75, 3.05) is 46.1 Å². The van der Waals surface area contributed by atoms with Crippen molar-refractivity contribution in [1.82, 2.24) is 0 Å². The number of hydrogen-bond acceptors (Lipinski definition) is 10. The Morgan fingerprint density at radius 3 is 2.21 bits per heavy atom. The lowest BCUT2D eigenvalue weighted by Gasteiger charge is -2.40. The second-order valence-electron chi connectivity index (χ2n) is 9.89. The fourth-order valence-corrected chi connectivity index (χ4v) is 6.15. The van der Waals surface area contributed by atoms with Gasteiger partial charge < -0.3 is 43.6 Å². The standard InChI is InChI=1S/C29H27NO9/c1-33-23-7-14(8-24(34-2)28(23)31)25-16-10-21-22(39-13-38-21)11-17(16)27(18-12-37-29(32)26(18)25)30-15-3-4-19-20(9-15)36-6-5-35-19/h3-4,7-11,18,25-27,30-31H,5-6,12-13H2,1-2H3/t18?,25?,26-,27+/m0/s1. The number of fused-ring (bicyclic) bond motifs is 4. The van der Waals surface area contributed by atoms with E-state index in [0.717, 1.165) is 22.4 Å². The summed E-state index contributed by atoms with van der Waals surface area (Å²) >= 11 is 0. The fraction of sp³-hybridized carbons (Fsp3) is 0.345. The molecule has 0 amide bonds. The van der Waals surface area contributed by atoms with E-state index in [9.17, 15) is 9.90 Å². The molecule has 0 bridgehead atoms. The number of rotatable bonds is 5. The third kappa shape index (κ3) is 3.73. The zero-order valence-electron chi connectivity index (χ0n) is 21.4. The van der Waals surface area contributed by atoms with Crippen LogP contribution in [0.4, 0.5) is 5.69 Å². The summed E-state index contributed by atoms with van der Waals surface area (Å²) in [4.78, 5) is 13.3. The number of aromatic hydroxyl groups is 1. The van der Waals surface area contributed by atoms with E-state index in [1.807, 2.05) is 30.3 Å². The number of hydrogen-bond donors (Lipinski definition) is 2. The summed E-state index contributed by atoms with van der Waals surface area (Å²) in [5.41, 5.74) is 3.44. The maximum atomic E-state index is 13.3. The number of methoxy groups -OCH3 is 2. The zero-order valence-corrected chi connectivity index (χ0v) is 21.4. The molecule has 1 saturated heterocycles. The summed E-state index contributed by atoms with van der Waals surface area (Å²) < 4.78 is 39.5. The van der Waals surface area contributed by atoms with Gasteiger partial charge in [-0.3, -0.25) is 4.79 Å². The van der Waals surface area contributed by atoms with E-state index in [4.69, 9.17) is 33.2 Å². The Balaban J connectivity index is 1.38. The van der Waals surface area contributed by atoms with Crippen LogP contribution in [0.2, 0.25) is 0 Å². The molecule has 0 spiro atoms. The van der Waals surface area contributed by atoms with Crippen molar-refractivity contribution in [3.05, 3.63) is 59.2 Å². The van der Waals surface area contributed by atoms with Crippen molar-refractivity contribution < 1.29 is 43.1 Å². The van der Waals surface area contributed by atoms with Crippen molar-refractivity contribution in [2.45, 2.75) is 12.0 Å². The van der Waals surface area contributed by atoms with Gasteiger partial charge in [-0.1, -0.05) is 0 Å². The van der Waals surface area contributed by atoms with E-state index in [2.05, 4.69) is 5.32 Å². The maximum absolute atomic E-state index is 13.3. The largest absolute Gasteiger partial charge is 0.502 e. The normalized spacial score (nSPS) is 23.9. The second-order valence-corrected chi connectivity index (χ2v) is 9.89. The molecule has 1 fully saturated rings. The smallest absolute Gasteiger partial charge is 0.310 e. The molecular weight excluding hydrogens is 506 g/mol. The Bertz CT molecular complexity index is 1450. The van der Waals surface area contributed by atoms with Crippen LogP contribution in [0.3, 0.4) is 0 Å². The van der Waals surface area contributed by atoms with Gasteiger partial charge in [-0.05, 0) is 53.1 Å². The van der Waals surface area contributed by atoms with Gasteiger partial charge in [0.25, 0.3) is 0 Å². The molecule has 0 aromatic heterocycles. The number of carbonyl (C=O) groups excluding carboxylic acids is 1. The molecule has 0 radical (unpaired) electrons. The van der Waals surface area contributed by atoms with Gasteiger partial charge in [-0.15, -0.1) is 0 Å². The number of benzene rings is 3. The first-order valence-electron chi connectivity index (χ1n) is 12.8. The van der Waals surface area contributed by atoms with E-state index in [0.29, 0.717) is 36.2 Å². The van der Waals surface area contributed by atoms with Gasteiger partial charge in [0.05, 0.1) is 32.8 Å². The minimum atomic E-state index is -0.508. The number of ether oxygens (including phenoxy) is 7. The number of anilines is 1. The molecule has 1 aliphatic carbocycles. The number of cyclic esters (lactones) is 1. The molecule has 4 atom stereocenters. The van der Waals surface area contributed by atoms with Crippen LogP contribution in [-0.2, 0) is 9.53 Å². The van der Waals surface area contributed by atoms with Gasteiger partial charge in [0.15, 0.2) is 34.5 Å². The van der Waals surface area contributed by atoms with E-state index in [-0.39, 0.29) is 48.6 Å². The molecule has 3 heterocycles. The van der Waals surface area contributed by atoms with Crippen molar-refractivity contribution in [3.8, 4) is 40.2 Å². The van der Waals surface area contributed by atoms with Crippen LogP contribution in [-0.4, -0.2) is 51.9 Å². The van der Waals surface area contributed by atoms with Crippen molar-refractivity contribution in [2.24, 2.45) is 11.8 Å². The topological polar surface area (TPSA) is 114 Å². The molecule has 3 aliphatic heterocycles. The summed E-state index contributed by atoms with van der Waals surface area (Å²) in [6.07, 6.45) is 0. The first-order chi connectivity index (χ1) is 19.1. The van der Waals surface area contributed by atoms with Crippen molar-refractivity contribution in [1.29, 1.82) is 0 Å². The Morgan fingerprint density at radius 2 is 1.49 bits per heavy atom. The third-order valence-electron chi connectivity index (χ3n) is 7.91. The van der Waals surface area contributed by atoms with E-state index >= 15 is 0 Å². The predicted octanol–water partition coefficient (Wildman–Crippen LogP) is 4.00. The zero-order chi connectivity index (χ0) is 26.7. The number of phenolic OH excluding ortho intramolecular Hbond substituents is 1. The second kappa shape index (κ2) is 9.07. The lowest BCUT2D eigenvalue weighted by atomic mass is 9.65. The molecule has 3 aromatic carbocycles. The molecule has 2 N–H and O–H groups in total. The SMILES string of the molecule is COc1cc(C2c3cc4c(cc3[C@@H](Nc3ccc5c(c3)OCCO5)C3COC(=O)[C@H]23)OCO4)cc(OC)c1O. The molecule has 2 unspecified atom stereocenters. The fourth-order valence-electron chi connectivity index (χ4n) is 6.15. The molecule has 0 saturated carbocycles. The van der Waals surface area contributed by atoms with Gasteiger partial charge >= 0.3 is 5.97 Å². The first-order valence-corrected chi connectivity index (χ1v) is 12.8. The summed E-state index contributed by atoms with van der Waals surface area (Å²) in [6, 6.07) is 12.9. The number of esters is 1. The van der Waals surface area contributed by atoms with Crippen molar-refractivity contribution >= 4 is 11.7 Å². The Morgan fingerprint density at radius 1 is 0.821 bits per heavy atom. The highest BCUT2D eigenvalue weighted by Gasteiger charge is 2.52. The highest BCUT2D eigenvalue weighted by Crippen LogP contribution is 2.56. The number of nitrogens with one attached hydrogen (secondary N) is 1. The van der Waals surface area contributed by atoms with Crippen molar-refractivity contribution in [3.63, 3.8) is 0 Å². The van der Waals surface area contributed by atoms with Gasteiger partial charge in [0.1, 0.15) is 13.2 Å². The minimum absolute atomic E-state index is 0.103. The predicted molar refractivity (Wildman–Crippen MR) is 137 cm³/mol. The van der Waals surface area contributed by atoms with Gasteiger partial charge in [-0.25, -0.2) is 0 Å². The third-order valence-corrected chi connectivity index (χ3v) is 7.91. The average molecular weight is 534 g/mol. The summed E-state index contributed by atoms with van der Waals surface area (Å²) in [5.74, 6) is 1.64. The van der Waals surface area contributed by atoms with Crippen LogP contribution in [0.1, 0.15) is 28.7 Å². The summed E-state index contributed by atoms with van der Waals surface area (Å²) in [6.45, 7) is 1.38. The van der Waals surface area contributed by atoms with Gasteiger partial charge in [0, 0.05) is 23.6 Å². The first kappa shape index (κ1) is 23.6. The van der Waals surface area contributed by atoms with Crippen LogP contribution < -0.4 is 33.7 Å². The Kier molecular flexibility index (Phi) is 5.50. The van der Waals surface area contributed by atoms with Crippen LogP contribution in [0.25, 0.3) is 0 Å². The van der Waals surface area contributed by atoms with Gasteiger partial charge in [0.2, 0.25) is 12.5 Å². The van der Waals surface area contributed by atoms with Crippen LogP contribution in [0, 0.1) is 11.8 Å². The Hall–Kier alpha value is -4.47. The highest BCUT2D eigenvalue weighted by molar-refractivity contribution is 5.79. The summed E-state index contributed by atoms with van der Waals surface area (Å²) in [5, 5.41) is 14.2. The highest BCUT2D eigenvalue weighted by atomic mass is 16.7. The summed E-state index contributed by atoms with van der Waals surface area (Å²) in [7, 11) is 2.95.